The third-order valence-corrected chi connectivity index (χ3v) is 3.90. The average molecular weight is 287 g/mol. The number of hydrogen-bond donors (Lipinski definition) is 1. The van der Waals surface area contributed by atoms with Gasteiger partial charge in [0.2, 0.25) is 0 Å². The lowest BCUT2D eigenvalue weighted by Gasteiger charge is -2.03. The third-order valence-electron chi connectivity index (χ3n) is 3.90. The minimum absolute atomic E-state index is 0.746. The highest BCUT2D eigenvalue weighted by Crippen LogP contribution is 2.21. The van der Waals surface area contributed by atoms with Gasteiger partial charge in [-0.25, -0.2) is 0 Å². The molecule has 2 N–H and O–H groups in total. The Morgan fingerprint density at radius 3 is 2.55 bits per heavy atom. The summed E-state index contributed by atoms with van der Waals surface area (Å²) in [4.78, 5) is 0. The first-order chi connectivity index (χ1) is 10.9. The fourth-order valence-corrected chi connectivity index (χ4v) is 2.74. The van der Waals surface area contributed by atoms with Gasteiger partial charge >= 0.3 is 0 Å². The zero-order valence-corrected chi connectivity index (χ0v) is 12.7. The lowest BCUT2D eigenvalue weighted by atomic mass is 10.0. The second-order valence-corrected chi connectivity index (χ2v) is 5.54. The van der Waals surface area contributed by atoms with Gasteiger partial charge in [-0.05, 0) is 46.8 Å². The van der Waals surface area contributed by atoms with Crippen LogP contribution < -0.4 is 5.73 Å². The molecule has 1 heteroatoms. The van der Waals surface area contributed by atoms with Crippen LogP contribution in [0.5, 0.6) is 0 Å². The van der Waals surface area contributed by atoms with Gasteiger partial charge in [0.15, 0.2) is 0 Å². The summed E-state index contributed by atoms with van der Waals surface area (Å²) in [5.41, 5.74) is 9.43. The minimum Gasteiger partial charge on any atom is -0.330 e. The molecule has 3 aromatic rings. The van der Waals surface area contributed by atoms with Gasteiger partial charge in [0, 0.05) is 0 Å². The number of rotatable bonds is 5. The molecule has 0 aromatic heterocycles. The molecule has 0 unspecified atom stereocenters. The van der Waals surface area contributed by atoms with Gasteiger partial charge in [-0.15, -0.1) is 0 Å². The maximum atomic E-state index is 5.59. The number of nitrogens with two attached hydrogens (primary N) is 1. The van der Waals surface area contributed by atoms with Crippen LogP contribution in [0.15, 0.2) is 66.7 Å². The summed E-state index contributed by atoms with van der Waals surface area (Å²) >= 11 is 0. The van der Waals surface area contributed by atoms with Crippen molar-refractivity contribution in [2.24, 2.45) is 5.73 Å². The van der Waals surface area contributed by atoms with Crippen molar-refractivity contribution in [1.29, 1.82) is 0 Å². The van der Waals surface area contributed by atoms with Crippen molar-refractivity contribution in [3.05, 3.63) is 83.4 Å². The molecular formula is C21H21N. The molecule has 0 radical (unpaired) electrons. The standard InChI is InChI=1S/C21H21N/c22-15-5-8-17-6-3-7-18(16-17)13-14-20-11-4-10-19-9-1-2-12-21(19)20/h1-4,6-7,9-14,16H,5,8,15,22H2/b14-13-. The fourth-order valence-electron chi connectivity index (χ4n) is 2.74. The molecule has 0 atom stereocenters. The molecule has 0 aliphatic rings. The van der Waals surface area contributed by atoms with Crippen molar-refractivity contribution < 1.29 is 0 Å². The summed E-state index contributed by atoms with van der Waals surface area (Å²) in [6, 6.07) is 23.6. The summed E-state index contributed by atoms with van der Waals surface area (Å²) in [6.07, 6.45) is 6.47. The molecule has 1 nitrogen and oxygen atoms in total. The molecule has 0 aliphatic carbocycles. The van der Waals surface area contributed by atoms with E-state index in [2.05, 4.69) is 78.9 Å². The van der Waals surface area contributed by atoms with Crippen molar-refractivity contribution in [1.82, 2.24) is 0 Å². The van der Waals surface area contributed by atoms with Gasteiger partial charge in [0.05, 0.1) is 0 Å². The molecule has 0 bridgehead atoms. The monoisotopic (exact) mass is 287 g/mol. The lowest BCUT2D eigenvalue weighted by Crippen LogP contribution is -2.00. The largest absolute Gasteiger partial charge is 0.330 e. The quantitative estimate of drug-likeness (QED) is 0.663. The van der Waals surface area contributed by atoms with Crippen LogP contribution in [-0.2, 0) is 6.42 Å². The van der Waals surface area contributed by atoms with Crippen LogP contribution in [-0.4, -0.2) is 6.54 Å². The van der Waals surface area contributed by atoms with Crippen LogP contribution in [0.4, 0.5) is 0 Å². The first-order valence-electron chi connectivity index (χ1n) is 7.82. The SMILES string of the molecule is NCCCc1cccc(/C=C\c2cccc3ccccc23)c1. The fraction of sp³-hybridized carbons (Fsp3) is 0.143. The molecule has 0 amide bonds. The molecule has 0 saturated carbocycles. The highest BCUT2D eigenvalue weighted by Gasteiger charge is 1.97. The van der Waals surface area contributed by atoms with Gasteiger partial charge in [-0.3, -0.25) is 0 Å². The summed E-state index contributed by atoms with van der Waals surface area (Å²) in [7, 11) is 0. The maximum absolute atomic E-state index is 5.59. The number of hydrogen-bond acceptors (Lipinski definition) is 1. The van der Waals surface area contributed by atoms with Crippen LogP contribution in [0.1, 0.15) is 23.1 Å². The molecule has 0 saturated heterocycles. The summed E-state index contributed by atoms with van der Waals surface area (Å²) < 4.78 is 0. The van der Waals surface area contributed by atoms with E-state index >= 15 is 0 Å². The van der Waals surface area contributed by atoms with E-state index in [1.165, 1.54) is 27.5 Å². The molecule has 3 aromatic carbocycles. The summed E-state index contributed by atoms with van der Waals surface area (Å²) in [6.45, 7) is 0.746. The first kappa shape index (κ1) is 14.6. The van der Waals surface area contributed by atoms with Crippen molar-refractivity contribution >= 4 is 22.9 Å². The van der Waals surface area contributed by atoms with Crippen LogP contribution in [0.3, 0.4) is 0 Å². The predicted octanol–water partition coefficient (Wildman–Crippen LogP) is 4.90. The summed E-state index contributed by atoms with van der Waals surface area (Å²) in [5, 5.41) is 2.57. The van der Waals surface area contributed by atoms with E-state index in [0.29, 0.717) is 0 Å². The molecule has 0 aliphatic heterocycles. The highest BCUT2D eigenvalue weighted by atomic mass is 14.5. The minimum atomic E-state index is 0.746. The maximum Gasteiger partial charge on any atom is -0.00741 e. The number of aryl methyl sites for hydroxylation is 1. The van der Waals surface area contributed by atoms with Crippen LogP contribution >= 0.6 is 0 Å². The second-order valence-electron chi connectivity index (χ2n) is 5.54. The zero-order valence-electron chi connectivity index (χ0n) is 12.7. The Morgan fingerprint density at radius 1 is 0.818 bits per heavy atom. The molecule has 0 fully saturated rings. The second kappa shape index (κ2) is 7.06. The van der Waals surface area contributed by atoms with Gasteiger partial charge in [-0.2, -0.15) is 0 Å². The van der Waals surface area contributed by atoms with Crippen LogP contribution in [0, 0.1) is 0 Å². The van der Waals surface area contributed by atoms with E-state index in [-0.39, 0.29) is 0 Å². The van der Waals surface area contributed by atoms with Gasteiger partial charge in [0.25, 0.3) is 0 Å². The zero-order chi connectivity index (χ0) is 15.2. The van der Waals surface area contributed by atoms with Crippen molar-refractivity contribution in [3.63, 3.8) is 0 Å². The molecule has 22 heavy (non-hydrogen) atoms. The predicted molar refractivity (Wildman–Crippen MR) is 96.7 cm³/mol. The highest BCUT2D eigenvalue weighted by molar-refractivity contribution is 5.92. The normalized spacial score (nSPS) is 11.3. The topological polar surface area (TPSA) is 26.0 Å². The van der Waals surface area contributed by atoms with Crippen molar-refractivity contribution in [2.45, 2.75) is 12.8 Å². The Labute approximate surface area is 132 Å². The van der Waals surface area contributed by atoms with Crippen LogP contribution in [0.25, 0.3) is 22.9 Å². The van der Waals surface area contributed by atoms with Gasteiger partial charge < -0.3 is 5.73 Å². The van der Waals surface area contributed by atoms with Crippen molar-refractivity contribution in [2.75, 3.05) is 6.54 Å². The van der Waals surface area contributed by atoms with E-state index in [1.807, 2.05) is 0 Å². The molecule has 0 spiro atoms. The molecular weight excluding hydrogens is 266 g/mol. The molecule has 0 heterocycles. The average Bonchev–Trinajstić information content (AvgIpc) is 2.58. The lowest BCUT2D eigenvalue weighted by molar-refractivity contribution is 0.832. The van der Waals surface area contributed by atoms with Crippen LogP contribution in [0.2, 0.25) is 0 Å². The Morgan fingerprint density at radius 2 is 1.64 bits per heavy atom. The molecule has 3 rings (SSSR count). The summed E-state index contributed by atoms with van der Waals surface area (Å²) in [5.74, 6) is 0. The number of fused-ring (bicyclic) bond motifs is 1. The van der Waals surface area contributed by atoms with E-state index in [0.717, 1.165) is 19.4 Å². The molecule has 110 valence electrons. The third kappa shape index (κ3) is 3.44. The first-order valence-corrected chi connectivity index (χ1v) is 7.82. The Hall–Kier alpha value is -2.38. The van der Waals surface area contributed by atoms with E-state index in [1.54, 1.807) is 0 Å². The Balaban J connectivity index is 1.87. The van der Waals surface area contributed by atoms with E-state index < -0.39 is 0 Å². The van der Waals surface area contributed by atoms with E-state index in [4.69, 9.17) is 5.73 Å². The Bertz CT molecular complexity index is 781. The smallest absolute Gasteiger partial charge is 0.00741 e. The van der Waals surface area contributed by atoms with Crippen molar-refractivity contribution in [3.8, 4) is 0 Å². The van der Waals surface area contributed by atoms with E-state index in [9.17, 15) is 0 Å². The number of benzene rings is 3. The Kier molecular flexibility index (Phi) is 4.67. The van der Waals surface area contributed by atoms with Gasteiger partial charge in [0.1, 0.15) is 0 Å². The van der Waals surface area contributed by atoms with Gasteiger partial charge in [-0.1, -0.05) is 78.9 Å².